The average Bonchev–Trinajstić information content (AvgIpc) is 3.18. The Morgan fingerprint density at radius 1 is 1.10 bits per heavy atom. The van der Waals surface area contributed by atoms with Crippen molar-refractivity contribution in [2.24, 2.45) is 7.05 Å². The van der Waals surface area contributed by atoms with E-state index in [0.717, 1.165) is 29.8 Å². The maximum Gasteiger partial charge on any atom is 0.176 e. The highest BCUT2D eigenvalue weighted by Crippen LogP contribution is 2.36. The summed E-state index contributed by atoms with van der Waals surface area (Å²) in [6.07, 6.45) is 4.13. The molecule has 0 unspecified atom stereocenters. The van der Waals surface area contributed by atoms with Gasteiger partial charge in [-0.2, -0.15) is 5.10 Å². The molecule has 2 heterocycles. The molecule has 4 aromatic rings. The van der Waals surface area contributed by atoms with Gasteiger partial charge in [-0.05, 0) is 34.7 Å². The minimum Gasteiger partial charge on any atom is -0.335 e. The second-order valence-electron chi connectivity index (χ2n) is 5.70. The predicted molar refractivity (Wildman–Crippen MR) is 83.2 cm³/mol. The quantitative estimate of drug-likeness (QED) is 0.579. The highest BCUT2D eigenvalue weighted by Gasteiger charge is 2.18. The number of imidazole rings is 1. The Bertz CT molecular complexity index is 996. The van der Waals surface area contributed by atoms with E-state index in [1.807, 2.05) is 13.2 Å². The molecule has 2 aromatic carbocycles. The van der Waals surface area contributed by atoms with Crippen LogP contribution in [0.4, 0.5) is 0 Å². The molecular weight excluding hydrogens is 260 g/mol. The topological polar surface area (TPSA) is 46.5 Å². The summed E-state index contributed by atoms with van der Waals surface area (Å²) in [5, 5.41) is 6.94. The summed E-state index contributed by atoms with van der Waals surface area (Å²) >= 11 is 0. The number of nitrogens with zero attached hydrogens (tertiary/aromatic N) is 3. The Morgan fingerprint density at radius 2 is 1.95 bits per heavy atom. The minimum absolute atomic E-state index is 0.897. The minimum atomic E-state index is 0.897. The van der Waals surface area contributed by atoms with Gasteiger partial charge < -0.3 is 4.98 Å². The molecule has 0 atom stereocenters. The van der Waals surface area contributed by atoms with Crippen molar-refractivity contribution in [1.29, 1.82) is 0 Å². The molecule has 0 spiro atoms. The summed E-state index contributed by atoms with van der Waals surface area (Å²) in [5.41, 5.74) is 5.97. The molecule has 0 amide bonds. The molecule has 0 radical (unpaired) electrons. The Hall–Kier alpha value is -2.62. The van der Waals surface area contributed by atoms with Crippen molar-refractivity contribution >= 4 is 21.9 Å². The van der Waals surface area contributed by atoms with Crippen molar-refractivity contribution in [3.63, 3.8) is 0 Å². The smallest absolute Gasteiger partial charge is 0.176 e. The fourth-order valence-corrected chi connectivity index (χ4v) is 3.49. The molecule has 4 nitrogen and oxygen atoms in total. The van der Waals surface area contributed by atoms with Gasteiger partial charge in [-0.25, -0.2) is 9.67 Å². The van der Waals surface area contributed by atoms with E-state index >= 15 is 0 Å². The average molecular weight is 274 g/mol. The van der Waals surface area contributed by atoms with Crippen LogP contribution in [0, 0.1) is 0 Å². The van der Waals surface area contributed by atoms with Gasteiger partial charge in [0.25, 0.3) is 0 Å². The fraction of sp³-hybridized carbons (Fsp3) is 0.176. The highest BCUT2D eigenvalue weighted by atomic mass is 15.3. The second kappa shape index (κ2) is 3.73. The van der Waals surface area contributed by atoms with Crippen molar-refractivity contribution < 1.29 is 0 Å². The zero-order valence-electron chi connectivity index (χ0n) is 11.7. The molecule has 102 valence electrons. The first-order valence-electron chi connectivity index (χ1n) is 7.23. The lowest BCUT2D eigenvalue weighted by molar-refractivity contribution is 0.787. The van der Waals surface area contributed by atoms with E-state index < -0.39 is 0 Å². The van der Waals surface area contributed by atoms with Crippen LogP contribution in [0.5, 0.6) is 0 Å². The van der Waals surface area contributed by atoms with Crippen LogP contribution < -0.4 is 0 Å². The molecule has 21 heavy (non-hydrogen) atoms. The largest absolute Gasteiger partial charge is 0.335 e. The third-order valence-corrected chi connectivity index (χ3v) is 4.51. The molecule has 1 N–H and O–H groups in total. The van der Waals surface area contributed by atoms with Crippen molar-refractivity contribution in [3.05, 3.63) is 47.7 Å². The van der Waals surface area contributed by atoms with Crippen LogP contribution in [0.25, 0.3) is 33.3 Å². The van der Waals surface area contributed by atoms with Crippen LogP contribution in [0.15, 0.2) is 36.5 Å². The third-order valence-electron chi connectivity index (χ3n) is 4.51. The number of rotatable bonds is 1. The number of hydrogen-bond acceptors (Lipinski definition) is 2. The summed E-state index contributed by atoms with van der Waals surface area (Å²) in [4.78, 5) is 8.11. The number of fused-ring (bicyclic) bond motifs is 1. The number of aryl methyl sites for hydroxylation is 3. The highest BCUT2D eigenvalue weighted by molar-refractivity contribution is 6.01. The van der Waals surface area contributed by atoms with Crippen molar-refractivity contribution in [1.82, 2.24) is 19.7 Å². The van der Waals surface area contributed by atoms with Gasteiger partial charge in [-0.15, -0.1) is 0 Å². The molecule has 4 heteroatoms. The molecule has 0 bridgehead atoms. The number of aromatic amines is 1. The van der Waals surface area contributed by atoms with Crippen LogP contribution in [-0.4, -0.2) is 19.7 Å². The number of nitrogens with one attached hydrogen (secondary N) is 1. The van der Waals surface area contributed by atoms with E-state index in [9.17, 15) is 0 Å². The summed E-state index contributed by atoms with van der Waals surface area (Å²) < 4.78 is 1.80. The van der Waals surface area contributed by atoms with Crippen LogP contribution in [-0.2, 0) is 19.9 Å². The maximum absolute atomic E-state index is 4.72. The first-order valence-corrected chi connectivity index (χ1v) is 7.23. The van der Waals surface area contributed by atoms with E-state index in [2.05, 4.69) is 40.4 Å². The summed E-state index contributed by atoms with van der Waals surface area (Å²) in [7, 11) is 1.92. The van der Waals surface area contributed by atoms with Gasteiger partial charge in [0.1, 0.15) is 11.3 Å². The van der Waals surface area contributed by atoms with Crippen LogP contribution in [0.2, 0.25) is 0 Å². The molecule has 1 aliphatic carbocycles. The number of hydrogen-bond donors (Lipinski definition) is 1. The van der Waals surface area contributed by atoms with E-state index in [1.165, 1.54) is 27.5 Å². The zero-order chi connectivity index (χ0) is 14.0. The zero-order valence-corrected chi connectivity index (χ0v) is 11.7. The van der Waals surface area contributed by atoms with Gasteiger partial charge >= 0.3 is 0 Å². The Labute approximate surface area is 121 Å². The van der Waals surface area contributed by atoms with Gasteiger partial charge in [0.15, 0.2) is 5.65 Å². The molecule has 5 rings (SSSR count). The first-order chi connectivity index (χ1) is 10.3. The van der Waals surface area contributed by atoms with E-state index in [-0.39, 0.29) is 0 Å². The van der Waals surface area contributed by atoms with Crippen molar-refractivity contribution in [2.45, 2.75) is 12.8 Å². The molecular formula is C17H14N4. The molecule has 0 saturated heterocycles. The van der Waals surface area contributed by atoms with Gasteiger partial charge in [0.05, 0.1) is 6.20 Å². The Morgan fingerprint density at radius 3 is 2.81 bits per heavy atom. The number of aromatic nitrogens is 4. The SMILES string of the molecule is Cn1ncc2[nH]c(-c3ccc4c5c(cccc35)CC4)nc21. The Kier molecular flexibility index (Phi) is 1.97. The molecule has 0 aliphatic heterocycles. The van der Waals surface area contributed by atoms with Gasteiger partial charge in [0.2, 0.25) is 0 Å². The normalized spacial score (nSPS) is 13.6. The van der Waals surface area contributed by atoms with Crippen LogP contribution >= 0.6 is 0 Å². The third kappa shape index (κ3) is 1.39. The number of benzene rings is 2. The molecule has 0 fully saturated rings. The number of H-pyrrole nitrogens is 1. The second-order valence-corrected chi connectivity index (χ2v) is 5.70. The standard InChI is InChI=1S/C17H14N4/c1-21-17-14(9-18-21)19-16(20-17)13-8-7-11-6-5-10-3-2-4-12(13)15(10)11/h2-4,7-9H,5-6H2,1H3,(H,19,20). The predicted octanol–water partition coefficient (Wildman–Crippen LogP) is 3.22. The van der Waals surface area contributed by atoms with Crippen LogP contribution in [0.1, 0.15) is 11.1 Å². The van der Waals surface area contributed by atoms with Gasteiger partial charge in [0, 0.05) is 12.6 Å². The Balaban J connectivity index is 1.85. The first kappa shape index (κ1) is 11.1. The van der Waals surface area contributed by atoms with Gasteiger partial charge in [-0.1, -0.05) is 30.3 Å². The lowest BCUT2D eigenvalue weighted by Crippen LogP contribution is -1.91. The van der Waals surface area contributed by atoms with Gasteiger partial charge in [-0.3, -0.25) is 0 Å². The lowest BCUT2D eigenvalue weighted by atomic mass is 10.00. The molecule has 0 saturated carbocycles. The maximum atomic E-state index is 4.72. The van der Waals surface area contributed by atoms with Crippen molar-refractivity contribution in [3.8, 4) is 11.4 Å². The lowest BCUT2D eigenvalue weighted by Gasteiger charge is -2.06. The fourth-order valence-electron chi connectivity index (χ4n) is 3.49. The molecule has 2 aromatic heterocycles. The monoisotopic (exact) mass is 274 g/mol. The van der Waals surface area contributed by atoms with Crippen LogP contribution in [0.3, 0.4) is 0 Å². The molecule has 1 aliphatic rings. The summed E-state index contributed by atoms with van der Waals surface area (Å²) in [6.45, 7) is 0. The summed E-state index contributed by atoms with van der Waals surface area (Å²) in [5.74, 6) is 0.925. The van der Waals surface area contributed by atoms with E-state index in [0.29, 0.717) is 0 Å². The van der Waals surface area contributed by atoms with E-state index in [4.69, 9.17) is 4.98 Å². The summed E-state index contributed by atoms with van der Waals surface area (Å²) in [6, 6.07) is 11.0. The van der Waals surface area contributed by atoms with Crippen molar-refractivity contribution in [2.75, 3.05) is 0 Å². The van der Waals surface area contributed by atoms with E-state index in [1.54, 1.807) is 4.68 Å².